The number of halogens is 10. The smallest absolute Gasteiger partial charge is 0.406 e. The Balaban J connectivity index is 0.000000233. The lowest BCUT2D eigenvalue weighted by atomic mass is 10.2. The number of aromatic nitrogens is 5. The summed E-state index contributed by atoms with van der Waals surface area (Å²) in [6.07, 6.45) is -8.96. The Morgan fingerprint density at radius 1 is 0.981 bits per heavy atom. The van der Waals surface area contributed by atoms with Crippen molar-refractivity contribution in [3.05, 3.63) is 77.2 Å². The third kappa shape index (κ3) is 8.78. The number of amides is 1. The molecule has 0 fully saturated rings. The molecule has 0 saturated heterocycles. The van der Waals surface area contributed by atoms with Gasteiger partial charge in [-0.3, -0.25) is 4.79 Å². The minimum absolute atomic E-state index is 0.0331. The molecule has 1 N–H and O–H groups in total. The Morgan fingerprint density at radius 2 is 1.58 bits per heavy atom. The molecular formula is C26H19Br3F7N7O6S3. The van der Waals surface area contributed by atoms with Crippen LogP contribution in [0.3, 0.4) is 0 Å². The molecule has 0 aliphatic rings. The monoisotopic (exact) mass is 991 g/mol. The van der Waals surface area contributed by atoms with E-state index in [0.29, 0.717) is 25.3 Å². The van der Waals surface area contributed by atoms with E-state index in [-0.39, 0.29) is 30.9 Å². The van der Waals surface area contributed by atoms with Gasteiger partial charge in [-0.25, -0.2) is 18.3 Å². The Labute approximate surface area is 318 Å². The van der Waals surface area contributed by atoms with E-state index < -0.39 is 66.0 Å². The highest BCUT2D eigenvalue weighted by molar-refractivity contribution is 9.11. The summed E-state index contributed by atoms with van der Waals surface area (Å²) in [5.74, 6) is -2.31. The van der Waals surface area contributed by atoms with Gasteiger partial charge in [-0.2, -0.15) is 34.3 Å². The summed E-state index contributed by atoms with van der Waals surface area (Å²) in [7, 11) is -5.84. The predicted octanol–water partition coefficient (Wildman–Crippen LogP) is 7.48. The Bertz CT molecular complexity index is 2390. The van der Waals surface area contributed by atoms with E-state index in [1.54, 1.807) is 0 Å². The molecule has 0 saturated carbocycles. The highest BCUT2D eigenvalue weighted by atomic mass is 79.9. The summed E-state index contributed by atoms with van der Waals surface area (Å²) in [6.45, 7) is 2.83. The minimum Gasteiger partial charge on any atom is -0.406 e. The SMILES string of the molecule is Cc1c(Br)c2ccc(F)cc2n1S(=O)(=O)c1ncn(S(=O)(=O)N(C)C)n1.Cc1nc(C(F)(F)F)c(C(=O)Nc2c(Br)cc(OC(F)(F)F)cc2Br)s1. The van der Waals surface area contributed by atoms with Gasteiger partial charge in [-0.15, -0.1) is 33.7 Å². The first-order valence-electron chi connectivity index (χ1n) is 13.4. The first-order chi connectivity index (χ1) is 23.7. The molecule has 13 nitrogen and oxygen atoms in total. The van der Waals surface area contributed by atoms with Gasteiger partial charge in [-0.05, 0) is 92.0 Å². The molecule has 52 heavy (non-hydrogen) atoms. The molecule has 282 valence electrons. The van der Waals surface area contributed by atoms with Crippen molar-refractivity contribution in [2.24, 2.45) is 0 Å². The lowest BCUT2D eigenvalue weighted by Crippen LogP contribution is -2.29. The van der Waals surface area contributed by atoms with Gasteiger partial charge in [-0.1, -0.05) is 0 Å². The maximum Gasteiger partial charge on any atom is 0.573 e. The molecule has 0 spiro atoms. The molecule has 5 aromatic rings. The van der Waals surface area contributed by atoms with Gasteiger partial charge in [0.2, 0.25) is 0 Å². The summed E-state index contributed by atoms with van der Waals surface area (Å²) in [5, 5.41) is 5.59. The quantitative estimate of drug-likeness (QED) is 0.163. The number of hydrogen-bond acceptors (Lipinski definition) is 10. The van der Waals surface area contributed by atoms with Gasteiger partial charge in [0.15, 0.2) is 5.69 Å². The van der Waals surface area contributed by atoms with Gasteiger partial charge in [0, 0.05) is 38.6 Å². The van der Waals surface area contributed by atoms with Crippen LogP contribution in [-0.2, 0) is 26.4 Å². The first kappa shape index (κ1) is 41.6. The van der Waals surface area contributed by atoms with Crippen LogP contribution in [0, 0.1) is 19.7 Å². The molecule has 0 bridgehead atoms. The topological polar surface area (TPSA) is 158 Å². The number of nitrogens with zero attached hydrogens (tertiary/aromatic N) is 6. The molecule has 3 aromatic heterocycles. The van der Waals surface area contributed by atoms with Crippen LogP contribution in [0.25, 0.3) is 10.9 Å². The fourth-order valence-electron chi connectivity index (χ4n) is 4.15. The lowest BCUT2D eigenvalue weighted by Gasteiger charge is -2.14. The normalized spacial score (nSPS) is 12.6. The number of anilines is 1. The van der Waals surface area contributed by atoms with E-state index in [1.807, 2.05) is 0 Å². The number of carbonyl (C=O) groups is 1. The average Bonchev–Trinajstić information content (AvgIpc) is 3.72. The molecule has 0 unspecified atom stereocenters. The Morgan fingerprint density at radius 3 is 2.12 bits per heavy atom. The third-order valence-corrected chi connectivity index (χ3v) is 12.7. The number of benzene rings is 2. The highest BCUT2D eigenvalue weighted by Crippen LogP contribution is 2.39. The van der Waals surface area contributed by atoms with Gasteiger partial charge in [0.05, 0.1) is 16.2 Å². The molecule has 3 heterocycles. The second-order valence-corrected chi connectivity index (χ2v) is 17.6. The largest absolute Gasteiger partial charge is 0.573 e. The van der Waals surface area contributed by atoms with Crippen molar-refractivity contribution in [2.75, 3.05) is 19.4 Å². The van der Waals surface area contributed by atoms with E-state index >= 15 is 0 Å². The summed E-state index contributed by atoms with van der Waals surface area (Å²) in [4.78, 5) is 18.5. The number of thiazole rings is 1. The molecule has 0 atom stereocenters. The van der Waals surface area contributed by atoms with E-state index in [0.717, 1.165) is 32.8 Å². The molecular weight excluding hydrogens is 975 g/mol. The van der Waals surface area contributed by atoms with Crippen molar-refractivity contribution in [2.45, 2.75) is 31.5 Å². The van der Waals surface area contributed by atoms with Crippen LogP contribution in [-0.4, -0.2) is 70.6 Å². The number of fused-ring (bicyclic) bond motifs is 1. The van der Waals surface area contributed by atoms with Gasteiger partial charge in [0.1, 0.15) is 22.8 Å². The maximum absolute atomic E-state index is 13.7. The summed E-state index contributed by atoms with van der Waals surface area (Å²) in [6, 6.07) is 5.54. The number of ether oxygens (including phenoxy) is 1. The molecule has 0 aliphatic heterocycles. The van der Waals surface area contributed by atoms with Crippen LogP contribution < -0.4 is 10.1 Å². The second kappa shape index (κ2) is 14.9. The number of carbonyl (C=O) groups excluding carboxylic acids is 1. The third-order valence-electron chi connectivity index (χ3n) is 6.35. The fraction of sp³-hybridized carbons (Fsp3) is 0.231. The molecule has 1 amide bonds. The van der Waals surface area contributed by atoms with E-state index in [1.165, 1.54) is 40.1 Å². The zero-order valence-electron chi connectivity index (χ0n) is 26.1. The highest BCUT2D eigenvalue weighted by Gasteiger charge is 2.39. The van der Waals surface area contributed by atoms with Crippen molar-refractivity contribution >= 4 is 102 Å². The lowest BCUT2D eigenvalue weighted by molar-refractivity contribution is -0.274. The van der Waals surface area contributed by atoms with Crippen molar-refractivity contribution in [3.63, 3.8) is 0 Å². The Kier molecular flexibility index (Phi) is 11.9. The number of hydrogen-bond donors (Lipinski definition) is 1. The Hall–Kier alpha value is -3.17. The molecule has 0 aliphatic carbocycles. The summed E-state index contributed by atoms with van der Waals surface area (Å²) in [5.41, 5.74) is -1.04. The van der Waals surface area contributed by atoms with Crippen LogP contribution in [0.2, 0.25) is 0 Å². The first-order valence-corrected chi connectivity index (χ1v) is 19.5. The molecule has 0 radical (unpaired) electrons. The number of rotatable bonds is 7. The van der Waals surface area contributed by atoms with Gasteiger partial charge >= 0.3 is 32.8 Å². The van der Waals surface area contributed by atoms with Gasteiger partial charge in [0.25, 0.3) is 11.1 Å². The average molecular weight is 994 g/mol. The van der Waals surface area contributed by atoms with Crippen LogP contribution >= 0.6 is 59.1 Å². The standard InChI is InChI=1S/C13H6Br2F6N2O2S.C13H13BrFN5O4S2/c1-4-22-10(12(16,17)18)9(26-4)11(24)23-8-6(14)2-5(3-7(8)15)25-13(19,20)21;1-8-12(14)10-5-4-9(15)6-11(10)20(8)25(21,22)13-16-7-19(17-13)26(23,24)18(2)3/h2-3H,1H3,(H,23,24);4-7H,1-3H3. The zero-order valence-corrected chi connectivity index (χ0v) is 33.3. The number of alkyl halides is 6. The van der Waals surface area contributed by atoms with Crippen molar-refractivity contribution < 1.29 is 57.1 Å². The summed E-state index contributed by atoms with van der Waals surface area (Å²) < 4.78 is 146. The summed E-state index contributed by atoms with van der Waals surface area (Å²) >= 11 is 9.72. The van der Waals surface area contributed by atoms with Crippen LogP contribution in [0.1, 0.15) is 26.1 Å². The van der Waals surface area contributed by atoms with Crippen LogP contribution in [0.5, 0.6) is 5.75 Å². The van der Waals surface area contributed by atoms with E-state index in [2.05, 4.69) is 72.9 Å². The van der Waals surface area contributed by atoms with E-state index in [4.69, 9.17) is 0 Å². The van der Waals surface area contributed by atoms with Crippen molar-refractivity contribution in [1.29, 1.82) is 0 Å². The second-order valence-electron chi connectivity index (χ2n) is 10.2. The fourth-order valence-corrected chi connectivity index (χ4v) is 9.09. The molecule has 26 heteroatoms. The van der Waals surface area contributed by atoms with E-state index in [9.17, 15) is 52.4 Å². The predicted molar refractivity (Wildman–Crippen MR) is 183 cm³/mol. The minimum atomic E-state index is -4.93. The van der Waals surface area contributed by atoms with Crippen molar-refractivity contribution in [1.82, 2.24) is 27.4 Å². The van der Waals surface area contributed by atoms with Gasteiger partial charge < -0.3 is 10.1 Å². The van der Waals surface area contributed by atoms with Crippen LogP contribution in [0.15, 0.2) is 55.2 Å². The molecule has 5 rings (SSSR count). The number of nitrogens with one attached hydrogen (secondary N) is 1. The number of aryl methyl sites for hydroxylation is 1. The molecule has 2 aromatic carbocycles. The maximum atomic E-state index is 13.7. The van der Waals surface area contributed by atoms with Crippen molar-refractivity contribution in [3.8, 4) is 5.75 Å². The zero-order chi connectivity index (χ0) is 39.3. The van der Waals surface area contributed by atoms with Crippen LogP contribution in [0.4, 0.5) is 36.4 Å².